The standard InChI is InChI=1S/C12H14N2O3S/c1-17-11-4-2-5-12(10-11)18(15,16)9-8-14-7-3-6-13-14/h2-7,10H,8-9H2,1H3. The number of aryl methyl sites for hydroxylation is 1. The minimum atomic E-state index is -3.31. The Morgan fingerprint density at radius 3 is 2.83 bits per heavy atom. The first kappa shape index (κ1) is 12.6. The molecule has 0 bridgehead atoms. The van der Waals surface area contributed by atoms with Gasteiger partial charge in [-0.05, 0) is 24.3 Å². The lowest BCUT2D eigenvalue weighted by Crippen LogP contribution is -2.13. The number of nitrogens with zero attached hydrogens (tertiary/aromatic N) is 2. The van der Waals surface area contributed by atoms with Crippen molar-refractivity contribution in [3.8, 4) is 5.75 Å². The van der Waals surface area contributed by atoms with E-state index < -0.39 is 9.84 Å². The summed E-state index contributed by atoms with van der Waals surface area (Å²) in [7, 11) is -1.80. The van der Waals surface area contributed by atoms with E-state index in [2.05, 4.69) is 5.10 Å². The highest BCUT2D eigenvalue weighted by Crippen LogP contribution is 2.18. The van der Waals surface area contributed by atoms with Gasteiger partial charge in [-0.2, -0.15) is 5.10 Å². The van der Waals surface area contributed by atoms with Gasteiger partial charge >= 0.3 is 0 Å². The summed E-state index contributed by atoms with van der Waals surface area (Å²) in [6, 6.07) is 8.24. The molecule has 2 aromatic rings. The van der Waals surface area contributed by atoms with Crippen LogP contribution < -0.4 is 4.74 Å². The van der Waals surface area contributed by atoms with Gasteiger partial charge in [0.05, 0.1) is 24.3 Å². The van der Waals surface area contributed by atoms with Gasteiger partial charge in [0.1, 0.15) is 5.75 Å². The lowest BCUT2D eigenvalue weighted by Gasteiger charge is -2.06. The van der Waals surface area contributed by atoms with Gasteiger partial charge in [0, 0.05) is 12.4 Å². The van der Waals surface area contributed by atoms with Crippen molar-refractivity contribution in [2.75, 3.05) is 12.9 Å². The molecule has 1 aromatic carbocycles. The summed E-state index contributed by atoms with van der Waals surface area (Å²) in [6.45, 7) is 0.340. The molecule has 0 atom stereocenters. The molecule has 0 saturated carbocycles. The molecule has 0 radical (unpaired) electrons. The molecular weight excluding hydrogens is 252 g/mol. The van der Waals surface area contributed by atoms with E-state index in [1.165, 1.54) is 13.2 Å². The first-order valence-electron chi connectivity index (χ1n) is 5.46. The number of aromatic nitrogens is 2. The van der Waals surface area contributed by atoms with Crippen molar-refractivity contribution in [2.45, 2.75) is 11.4 Å². The Bertz CT molecular complexity index is 606. The molecule has 2 rings (SSSR count). The maximum Gasteiger partial charge on any atom is 0.180 e. The first-order valence-corrected chi connectivity index (χ1v) is 7.11. The quantitative estimate of drug-likeness (QED) is 0.820. The number of rotatable bonds is 5. The lowest BCUT2D eigenvalue weighted by atomic mass is 10.3. The van der Waals surface area contributed by atoms with Crippen molar-refractivity contribution in [2.24, 2.45) is 0 Å². The molecule has 0 aliphatic heterocycles. The molecule has 1 heterocycles. The van der Waals surface area contributed by atoms with E-state index in [1.807, 2.05) is 0 Å². The lowest BCUT2D eigenvalue weighted by molar-refractivity contribution is 0.413. The Labute approximate surface area is 106 Å². The molecule has 0 N–H and O–H groups in total. The van der Waals surface area contributed by atoms with Crippen LogP contribution in [0.25, 0.3) is 0 Å². The van der Waals surface area contributed by atoms with Gasteiger partial charge in [-0.1, -0.05) is 6.07 Å². The second-order valence-corrected chi connectivity index (χ2v) is 5.88. The summed E-state index contributed by atoms with van der Waals surface area (Å²) in [6.07, 6.45) is 3.36. The van der Waals surface area contributed by atoms with Gasteiger partial charge in [0.25, 0.3) is 0 Å². The van der Waals surface area contributed by atoms with Crippen LogP contribution in [0.2, 0.25) is 0 Å². The molecule has 1 aromatic heterocycles. The van der Waals surface area contributed by atoms with E-state index in [0.717, 1.165) is 0 Å². The second kappa shape index (κ2) is 5.22. The van der Waals surface area contributed by atoms with Gasteiger partial charge in [-0.25, -0.2) is 8.42 Å². The van der Waals surface area contributed by atoms with Crippen LogP contribution in [-0.2, 0) is 16.4 Å². The Balaban J connectivity index is 2.14. The molecule has 0 saturated heterocycles. The van der Waals surface area contributed by atoms with Crippen LogP contribution in [0.1, 0.15) is 0 Å². The molecular formula is C12H14N2O3S. The van der Waals surface area contributed by atoms with Crippen molar-refractivity contribution in [3.63, 3.8) is 0 Å². The van der Waals surface area contributed by atoms with E-state index in [9.17, 15) is 8.42 Å². The van der Waals surface area contributed by atoms with Crippen LogP contribution in [0.5, 0.6) is 5.75 Å². The van der Waals surface area contributed by atoms with Crippen LogP contribution in [0, 0.1) is 0 Å². The van der Waals surface area contributed by atoms with E-state index in [-0.39, 0.29) is 10.6 Å². The van der Waals surface area contributed by atoms with Crippen molar-refractivity contribution >= 4 is 9.84 Å². The maximum absolute atomic E-state index is 12.1. The highest BCUT2D eigenvalue weighted by atomic mass is 32.2. The molecule has 0 spiro atoms. The maximum atomic E-state index is 12.1. The van der Waals surface area contributed by atoms with Crippen LogP contribution in [0.4, 0.5) is 0 Å². The average molecular weight is 266 g/mol. The zero-order valence-corrected chi connectivity index (χ0v) is 10.8. The minimum Gasteiger partial charge on any atom is -0.497 e. The van der Waals surface area contributed by atoms with Crippen molar-refractivity contribution in [1.29, 1.82) is 0 Å². The predicted molar refractivity (Wildman–Crippen MR) is 67.3 cm³/mol. The summed E-state index contributed by atoms with van der Waals surface area (Å²) in [5, 5.41) is 3.97. The van der Waals surface area contributed by atoms with Crippen molar-refractivity contribution in [3.05, 3.63) is 42.7 Å². The van der Waals surface area contributed by atoms with E-state index in [1.54, 1.807) is 41.3 Å². The normalized spacial score (nSPS) is 11.4. The first-order chi connectivity index (χ1) is 8.62. The number of benzene rings is 1. The van der Waals surface area contributed by atoms with Crippen molar-refractivity contribution in [1.82, 2.24) is 9.78 Å². The Kier molecular flexibility index (Phi) is 3.66. The van der Waals surface area contributed by atoms with Gasteiger partial charge in [0.2, 0.25) is 0 Å². The minimum absolute atomic E-state index is 0.0157. The number of hydrogen-bond donors (Lipinski definition) is 0. The SMILES string of the molecule is COc1cccc(S(=O)(=O)CCn2cccn2)c1. The van der Waals surface area contributed by atoms with E-state index >= 15 is 0 Å². The molecule has 96 valence electrons. The average Bonchev–Trinajstić information content (AvgIpc) is 2.90. The molecule has 5 nitrogen and oxygen atoms in total. The molecule has 0 amide bonds. The summed E-state index contributed by atoms with van der Waals surface area (Å²) in [5.74, 6) is 0.553. The van der Waals surface area contributed by atoms with Gasteiger partial charge in [-0.3, -0.25) is 4.68 Å². The monoisotopic (exact) mass is 266 g/mol. The van der Waals surface area contributed by atoms with Gasteiger partial charge in [0.15, 0.2) is 9.84 Å². The fourth-order valence-electron chi connectivity index (χ4n) is 1.56. The molecule has 0 fully saturated rings. The molecule has 0 aliphatic rings. The fourth-order valence-corrected chi connectivity index (χ4v) is 2.80. The topological polar surface area (TPSA) is 61.2 Å². The fraction of sp³-hybridized carbons (Fsp3) is 0.250. The number of methoxy groups -OCH3 is 1. The highest BCUT2D eigenvalue weighted by molar-refractivity contribution is 7.91. The second-order valence-electron chi connectivity index (χ2n) is 3.77. The van der Waals surface area contributed by atoms with Crippen LogP contribution in [-0.4, -0.2) is 31.1 Å². The third-order valence-electron chi connectivity index (χ3n) is 2.55. The van der Waals surface area contributed by atoms with Gasteiger partial charge in [-0.15, -0.1) is 0 Å². The van der Waals surface area contributed by atoms with Crippen LogP contribution >= 0.6 is 0 Å². The summed E-state index contributed by atoms with van der Waals surface area (Å²) in [5.41, 5.74) is 0. The van der Waals surface area contributed by atoms with Crippen LogP contribution in [0.3, 0.4) is 0 Å². The molecule has 18 heavy (non-hydrogen) atoms. The Hall–Kier alpha value is -1.82. The van der Waals surface area contributed by atoms with Crippen molar-refractivity contribution < 1.29 is 13.2 Å². The highest BCUT2D eigenvalue weighted by Gasteiger charge is 2.15. The van der Waals surface area contributed by atoms with E-state index in [0.29, 0.717) is 12.3 Å². The smallest absolute Gasteiger partial charge is 0.180 e. The number of ether oxygens (including phenoxy) is 1. The summed E-state index contributed by atoms with van der Waals surface area (Å²) < 4.78 is 30.8. The molecule has 6 heteroatoms. The zero-order valence-electron chi connectivity index (χ0n) is 9.98. The molecule has 0 aliphatic carbocycles. The molecule has 0 unspecified atom stereocenters. The van der Waals surface area contributed by atoms with E-state index in [4.69, 9.17) is 4.74 Å². The van der Waals surface area contributed by atoms with Gasteiger partial charge < -0.3 is 4.74 Å². The Morgan fingerprint density at radius 2 is 2.17 bits per heavy atom. The number of sulfone groups is 1. The predicted octanol–water partition coefficient (Wildman–Crippen LogP) is 1.37. The Morgan fingerprint density at radius 1 is 1.33 bits per heavy atom. The summed E-state index contributed by atoms with van der Waals surface area (Å²) >= 11 is 0. The number of hydrogen-bond acceptors (Lipinski definition) is 4. The van der Waals surface area contributed by atoms with Crippen LogP contribution in [0.15, 0.2) is 47.6 Å². The third-order valence-corrected chi connectivity index (χ3v) is 4.24. The largest absolute Gasteiger partial charge is 0.497 e. The zero-order chi connectivity index (χ0) is 13.0. The third kappa shape index (κ3) is 2.89. The summed E-state index contributed by atoms with van der Waals surface area (Å²) in [4.78, 5) is 0.272.